The van der Waals surface area contributed by atoms with Crippen LogP contribution in [0.1, 0.15) is 30.7 Å². The molecule has 0 aliphatic carbocycles. The summed E-state index contributed by atoms with van der Waals surface area (Å²) in [6, 6.07) is 15.4. The van der Waals surface area contributed by atoms with Crippen molar-refractivity contribution in [3.05, 3.63) is 60.0 Å². The van der Waals surface area contributed by atoms with E-state index in [1.807, 2.05) is 48.5 Å². The van der Waals surface area contributed by atoms with Crippen molar-refractivity contribution in [2.45, 2.75) is 32.2 Å². The number of nitrogens with one attached hydrogen (secondary N) is 1. The molecule has 0 saturated heterocycles. The van der Waals surface area contributed by atoms with Crippen molar-refractivity contribution in [3.8, 4) is 23.0 Å². The molecule has 152 valence electrons. The first kappa shape index (κ1) is 20.4. The molecule has 0 aliphatic heterocycles. The van der Waals surface area contributed by atoms with Gasteiger partial charge in [0.15, 0.2) is 0 Å². The summed E-state index contributed by atoms with van der Waals surface area (Å²) in [7, 11) is 3.26. The Morgan fingerprint density at radius 2 is 1.79 bits per heavy atom. The van der Waals surface area contributed by atoms with Crippen LogP contribution >= 0.6 is 0 Å². The molecule has 7 nitrogen and oxygen atoms in total. The second-order valence-corrected chi connectivity index (χ2v) is 6.56. The monoisotopic (exact) mass is 395 g/mol. The average molecular weight is 395 g/mol. The van der Waals surface area contributed by atoms with Crippen LogP contribution in [-0.2, 0) is 17.8 Å². The zero-order valence-corrected chi connectivity index (χ0v) is 16.7. The first-order valence-electron chi connectivity index (χ1n) is 9.54. The summed E-state index contributed by atoms with van der Waals surface area (Å²) in [6.45, 7) is 0.217. The molecule has 0 bridgehead atoms. The van der Waals surface area contributed by atoms with Crippen molar-refractivity contribution in [2.24, 2.45) is 0 Å². The lowest BCUT2D eigenvalue weighted by Crippen LogP contribution is -2.22. The second-order valence-electron chi connectivity index (χ2n) is 6.56. The number of nitrogens with zero attached hydrogens (tertiary/aromatic N) is 2. The van der Waals surface area contributed by atoms with Crippen molar-refractivity contribution in [2.75, 3.05) is 14.2 Å². The van der Waals surface area contributed by atoms with Crippen LogP contribution in [0.15, 0.2) is 52.9 Å². The maximum Gasteiger partial charge on any atom is 0.247 e. The van der Waals surface area contributed by atoms with Crippen LogP contribution in [0.3, 0.4) is 0 Å². The molecule has 1 aromatic heterocycles. The third-order valence-electron chi connectivity index (χ3n) is 4.50. The lowest BCUT2D eigenvalue weighted by molar-refractivity contribution is -0.121. The van der Waals surface area contributed by atoms with Gasteiger partial charge in [-0.15, -0.1) is 10.2 Å². The van der Waals surface area contributed by atoms with Gasteiger partial charge in [-0.25, -0.2) is 0 Å². The van der Waals surface area contributed by atoms with E-state index in [9.17, 15) is 4.79 Å². The van der Waals surface area contributed by atoms with Crippen LogP contribution in [0.25, 0.3) is 11.5 Å². The Morgan fingerprint density at radius 1 is 1.00 bits per heavy atom. The molecule has 0 unspecified atom stereocenters. The van der Waals surface area contributed by atoms with E-state index in [4.69, 9.17) is 13.9 Å². The van der Waals surface area contributed by atoms with Crippen LogP contribution in [0.2, 0.25) is 0 Å². The predicted molar refractivity (Wildman–Crippen MR) is 109 cm³/mol. The molecule has 7 heteroatoms. The molecule has 3 rings (SSSR count). The Morgan fingerprint density at radius 3 is 2.55 bits per heavy atom. The normalized spacial score (nSPS) is 10.6. The fourth-order valence-electron chi connectivity index (χ4n) is 2.87. The number of carbonyl (C=O) groups is 1. The minimum Gasteiger partial charge on any atom is -0.497 e. The number of hydrogen-bond donors (Lipinski definition) is 1. The van der Waals surface area contributed by atoms with Gasteiger partial charge in [0.1, 0.15) is 11.5 Å². The lowest BCUT2D eigenvalue weighted by atomic mass is 10.1. The molecule has 0 radical (unpaired) electrons. The van der Waals surface area contributed by atoms with Gasteiger partial charge in [-0.1, -0.05) is 18.2 Å². The summed E-state index contributed by atoms with van der Waals surface area (Å²) in [5.41, 5.74) is 2.01. The van der Waals surface area contributed by atoms with Crippen molar-refractivity contribution in [3.63, 3.8) is 0 Å². The van der Waals surface area contributed by atoms with Crippen LogP contribution in [0, 0.1) is 0 Å². The van der Waals surface area contributed by atoms with Crippen molar-refractivity contribution in [1.82, 2.24) is 15.5 Å². The molecule has 0 spiro atoms. The van der Waals surface area contributed by atoms with E-state index in [1.54, 1.807) is 14.2 Å². The average Bonchev–Trinajstić information content (AvgIpc) is 3.25. The van der Waals surface area contributed by atoms with E-state index in [2.05, 4.69) is 15.5 Å². The molecule has 1 amide bonds. The minimum atomic E-state index is -0.0270. The Labute approximate surface area is 170 Å². The summed E-state index contributed by atoms with van der Waals surface area (Å²) in [5, 5.41) is 10.8. The summed E-state index contributed by atoms with van der Waals surface area (Å²) in [5.74, 6) is 2.30. The van der Waals surface area contributed by atoms with Gasteiger partial charge in [-0.05, 0) is 55.2 Å². The topological polar surface area (TPSA) is 86.5 Å². The highest BCUT2D eigenvalue weighted by atomic mass is 16.5. The highest BCUT2D eigenvalue weighted by molar-refractivity contribution is 5.75. The number of carbonyl (C=O) groups excluding carboxylic acids is 1. The molecule has 29 heavy (non-hydrogen) atoms. The van der Waals surface area contributed by atoms with Crippen LogP contribution < -0.4 is 14.8 Å². The molecular formula is C22H25N3O4. The van der Waals surface area contributed by atoms with Gasteiger partial charge < -0.3 is 19.2 Å². The minimum absolute atomic E-state index is 0.0270. The number of aromatic nitrogens is 2. The molecule has 2 aromatic carbocycles. The Bertz CT molecular complexity index is 922. The number of aryl methyl sites for hydroxylation is 1. The SMILES string of the molecule is COc1ccc(CCCCC(=O)NCc2nnc(-c3cccc(OC)c3)o2)cc1. The zero-order valence-electron chi connectivity index (χ0n) is 16.7. The molecule has 0 saturated carbocycles. The number of amides is 1. The number of rotatable bonds is 10. The quantitative estimate of drug-likeness (QED) is 0.526. The largest absolute Gasteiger partial charge is 0.497 e. The third kappa shape index (κ3) is 6.07. The first-order valence-corrected chi connectivity index (χ1v) is 9.54. The van der Waals surface area contributed by atoms with E-state index in [1.165, 1.54) is 5.56 Å². The standard InChI is InChI=1S/C22H25N3O4/c1-27-18-12-10-16(11-13-18)6-3-4-9-20(26)23-15-21-24-25-22(29-21)17-7-5-8-19(14-17)28-2/h5,7-8,10-14H,3-4,6,9,15H2,1-2H3,(H,23,26). The van der Waals surface area contributed by atoms with Crippen molar-refractivity contribution >= 4 is 5.91 Å². The van der Waals surface area contributed by atoms with Gasteiger partial charge in [0.05, 0.1) is 20.8 Å². The molecule has 1 heterocycles. The Kier molecular flexibility index (Phi) is 7.22. The maximum atomic E-state index is 12.0. The number of methoxy groups -OCH3 is 2. The van der Waals surface area contributed by atoms with Gasteiger partial charge in [0, 0.05) is 12.0 Å². The van der Waals surface area contributed by atoms with Crippen molar-refractivity contribution < 1.29 is 18.7 Å². The molecule has 3 aromatic rings. The van der Waals surface area contributed by atoms with E-state index >= 15 is 0 Å². The zero-order chi connectivity index (χ0) is 20.5. The van der Waals surface area contributed by atoms with E-state index in [0.717, 1.165) is 30.6 Å². The van der Waals surface area contributed by atoms with E-state index < -0.39 is 0 Å². The van der Waals surface area contributed by atoms with Gasteiger partial charge in [-0.2, -0.15) is 0 Å². The highest BCUT2D eigenvalue weighted by Gasteiger charge is 2.10. The van der Waals surface area contributed by atoms with Gasteiger partial charge in [0.25, 0.3) is 0 Å². The number of unbranched alkanes of at least 4 members (excludes halogenated alkanes) is 1. The summed E-state index contributed by atoms with van der Waals surface area (Å²) < 4.78 is 16.0. The lowest BCUT2D eigenvalue weighted by Gasteiger charge is -2.04. The summed E-state index contributed by atoms with van der Waals surface area (Å²) in [6.07, 6.45) is 3.16. The van der Waals surface area contributed by atoms with Crippen LogP contribution in [0.4, 0.5) is 0 Å². The summed E-state index contributed by atoms with van der Waals surface area (Å²) >= 11 is 0. The van der Waals surface area contributed by atoms with Crippen LogP contribution in [0.5, 0.6) is 11.5 Å². The molecule has 0 aliphatic rings. The smallest absolute Gasteiger partial charge is 0.247 e. The molecule has 0 atom stereocenters. The Hall–Kier alpha value is -3.35. The number of ether oxygens (including phenoxy) is 2. The van der Waals surface area contributed by atoms with Crippen LogP contribution in [-0.4, -0.2) is 30.3 Å². The molecular weight excluding hydrogens is 370 g/mol. The first-order chi connectivity index (χ1) is 14.2. The highest BCUT2D eigenvalue weighted by Crippen LogP contribution is 2.22. The van der Waals surface area contributed by atoms with Gasteiger partial charge in [0.2, 0.25) is 17.7 Å². The molecule has 1 N–H and O–H groups in total. The van der Waals surface area contributed by atoms with E-state index in [0.29, 0.717) is 24.0 Å². The van der Waals surface area contributed by atoms with Gasteiger partial charge >= 0.3 is 0 Å². The van der Waals surface area contributed by atoms with Crippen molar-refractivity contribution in [1.29, 1.82) is 0 Å². The fraction of sp³-hybridized carbons (Fsp3) is 0.318. The summed E-state index contributed by atoms with van der Waals surface area (Å²) in [4.78, 5) is 12.0. The fourth-order valence-corrected chi connectivity index (χ4v) is 2.87. The second kappa shape index (κ2) is 10.3. The third-order valence-corrected chi connectivity index (χ3v) is 4.50. The Balaban J connectivity index is 1.38. The predicted octanol–water partition coefficient (Wildman–Crippen LogP) is 3.78. The number of hydrogen-bond acceptors (Lipinski definition) is 6. The van der Waals surface area contributed by atoms with E-state index in [-0.39, 0.29) is 12.5 Å². The maximum absolute atomic E-state index is 12.0. The number of benzene rings is 2. The van der Waals surface area contributed by atoms with Gasteiger partial charge in [-0.3, -0.25) is 4.79 Å². The molecule has 0 fully saturated rings.